The summed E-state index contributed by atoms with van der Waals surface area (Å²) in [5.74, 6) is 0.310. The maximum absolute atomic E-state index is 9.98. The van der Waals surface area contributed by atoms with E-state index in [0.29, 0.717) is 15.8 Å². The molecule has 136 valence electrons. The summed E-state index contributed by atoms with van der Waals surface area (Å²) < 4.78 is 0. The van der Waals surface area contributed by atoms with Gasteiger partial charge in [0.25, 0.3) is 0 Å². The van der Waals surface area contributed by atoms with Gasteiger partial charge in [-0.15, -0.1) is 0 Å². The molecule has 3 aromatic rings. The Morgan fingerprint density at radius 1 is 0.815 bits per heavy atom. The Labute approximate surface area is 169 Å². The molecule has 0 amide bonds. The van der Waals surface area contributed by atoms with E-state index < -0.39 is 0 Å². The van der Waals surface area contributed by atoms with Gasteiger partial charge < -0.3 is 5.11 Å². The molecule has 27 heavy (non-hydrogen) atoms. The lowest BCUT2D eigenvalue weighted by Gasteiger charge is -2.18. The summed E-state index contributed by atoms with van der Waals surface area (Å²) in [4.78, 5) is 0. The van der Waals surface area contributed by atoms with Crippen molar-refractivity contribution in [2.75, 3.05) is 0 Å². The molecule has 4 rings (SSSR count). The van der Waals surface area contributed by atoms with Crippen LogP contribution in [0.4, 0.5) is 0 Å². The van der Waals surface area contributed by atoms with Crippen LogP contribution < -0.4 is 0 Å². The van der Waals surface area contributed by atoms with Gasteiger partial charge in [-0.3, -0.25) is 0 Å². The van der Waals surface area contributed by atoms with Gasteiger partial charge in [0.05, 0.1) is 0 Å². The van der Waals surface area contributed by atoms with Crippen molar-refractivity contribution in [2.24, 2.45) is 0 Å². The van der Waals surface area contributed by atoms with E-state index in [1.807, 2.05) is 24.3 Å². The monoisotopic (exact) mass is 394 g/mol. The highest BCUT2D eigenvalue weighted by atomic mass is 35.5. The van der Waals surface area contributed by atoms with Crippen molar-refractivity contribution in [1.29, 1.82) is 0 Å². The molecule has 0 atom stereocenters. The van der Waals surface area contributed by atoms with Gasteiger partial charge in [0, 0.05) is 10.0 Å². The molecule has 0 unspecified atom stereocenters. The van der Waals surface area contributed by atoms with E-state index in [-0.39, 0.29) is 0 Å². The first-order valence-corrected chi connectivity index (χ1v) is 9.86. The summed E-state index contributed by atoms with van der Waals surface area (Å²) in [7, 11) is 0. The largest absolute Gasteiger partial charge is 0.508 e. The average molecular weight is 395 g/mol. The molecular formula is C24H20Cl2O. The number of phenols is 1. The van der Waals surface area contributed by atoms with E-state index in [9.17, 15) is 5.11 Å². The third-order valence-corrected chi connectivity index (χ3v) is 5.68. The van der Waals surface area contributed by atoms with E-state index in [1.165, 1.54) is 22.3 Å². The lowest BCUT2D eigenvalue weighted by molar-refractivity contribution is 0.474. The first-order valence-electron chi connectivity index (χ1n) is 9.11. The smallest absolute Gasteiger partial charge is 0.115 e. The quantitative estimate of drug-likeness (QED) is 0.483. The van der Waals surface area contributed by atoms with Gasteiger partial charge in [-0.25, -0.2) is 0 Å². The van der Waals surface area contributed by atoms with Gasteiger partial charge in [0.2, 0.25) is 0 Å². The van der Waals surface area contributed by atoms with Crippen LogP contribution in [0.5, 0.6) is 5.75 Å². The molecule has 0 bridgehead atoms. The van der Waals surface area contributed by atoms with Gasteiger partial charge in [-0.2, -0.15) is 0 Å². The van der Waals surface area contributed by atoms with Crippen LogP contribution in [0.1, 0.15) is 40.7 Å². The number of aromatic hydroxyl groups is 1. The highest BCUT2D eigenvalue weighted by molar-refractivity contribution is 6.36. The number of hydrogen-bond acceptors (Lipinski definition) is 1. The van der Waals surface area contributed by atoms with E-state index in [0.717, 1.165) is 36.0 Å². The molecule has 3 aromatic carbocycles. The number of fused-ring (bicyclic) bond motifs is 1. The fourth-order valence-electron chi connectivity index (χ4n) is 3.83. The number of aryl methyl sites for hydroxylation is 2. The van der Waals surface area contributed by atoms with Crippen molar-refractivity contribution >= 4 is 34.3 Å². The van der Waals surface area contributed by atoms with E-state index in [2.05, 4.69) is 31.2 Å². The van der Waals surface area contributed by atoms with Gasteiger partial charge in [-0.05, 0) is 83.9 Å². The molecule has 3 heteroatoms. The number of allylic oxidation sites excluding steroid dienone is 1. The molecule has 0 heterocycles. The van der Waals surface area contributed by atoms with Crippen molar-refractivity contribution in [1.82, 2.24) is 0 Å². The highest BCUT2D eigenvalue weighted by Gasteiger charge is 2.21. The Balaban J connectivity index is 2.03. The van der Waals surface area contributed by atoms with E-state index in [1.54, 1.807) is 12.1 Å². The van der Waals surface area contributed by atoms with Crippen LogP contribution in [0.25, 0.3) is 11.1 Å². The number of halogens is 2. The molecule has 0 saturated carbocycles. The predicted octanol–water partition coefficient (Wildman–Crippen LogP) is 7.30. The second-order valence-corrected chi connectivity index (χ2v) is 7.88. The molecule has 0 fully saturated rings. The SMILES string of the molecule is Cc1ccc(C2=C(c3ccc(Cl)cc3Cl)CCCc3cc(O)ccc32)cc1. The first kappa shape index (κ1) is 18.2. The molecule has 0 aliphatic heterocycles. The molecule has 1 N–H and O–H groups in total. The fourth-order valence-corrected chi connectivity index (χ4v) is 4.35. The summed E-state index contributed by atoms with van der Waals surface area (Å²) in [5.41, 5.74) is 8.16. The lowest BCUT2D eigenvalue weighted by Crippen LogP contribution is -1.96. The molecule has 0 spiro atoms. The summed E-state index contributed by atoms with van der Waals surface area (Å²) >= 11 is 12.7. The zero-order chi connectivity index (χ0) is 19.0. The molecule has 0 saturated heterocycles. The molecule has 1 aliphatic rings. The Hall–Kier alpha value is -2.22. The molecule has 1 nitrogen and oxygen atoms in total. The van der Waals surface area contributed by atoms with Crippen LogP contribution >= 0.6 is 23.2 Å². The highest BCUT2D eigenvalue weighted by Crippen LogP contribution is 2.42. The molecule has 0 radical (unpaired) electrons. The van der Waals surface area contributed by atoms with Gasteiger partial charge in [-0.1, -0.05) is 65.2 Å². The van der Waals surface area contributed by atoms with E-state index >= 15 is 0 Å². The topological polar surface area (TPSA) is 20.2 Å². The zero-order valence-electron chi connectivity index (χ0n) is 15.1. The maximum Gasteiger partial charge on any atom is 0.115 e. The number of hydrogen-bond donors (Lipinski definition) is 1. The molecule has 1 aliphatic carbocycles. The predicted molar refractivity (Wildman–Crippen MR) is 115 cm³/mol. The summed E-state index contributed by atoms with van der Waals surface area (Å²) in [6.07, 6.45) is 2.84. The Bertz CT molecular complexity index is 1030. The van der Waals surface area contributed by atoms with Crippen molar-refractivity contribution in [3.63, 3.8) is 0 Å². The molecular weight excluding hydrogens is 375 g/mol. The third-order valence-electron chi connectivity index (χ3n) is 5.13. The number of benzene rings is 3. The minimum atomic E-state index is 0.310. The maximum atomic E-state index is 9.98. The van der Waals surface area contributed by atoms with Crippen molar-refractivity contribution in [3.8, 4) is 5.75 Å². The van der Waals surface area contributed by atoms with Gasteiger partial charge in [0.1, 0.15) is 5.75 Å². The second-order valence-electron chi connectivity index (χ2n) is 7.04. The normalized spacial score (nSPS) is 14.0. The van der Waals surface area contributed by atoms with Crippen LogP contribution in [0.3, 0.4) is 0 Å². The van der Waals surface area contributed by atoms with Crippen LogP contribution in [-0.2, 0) is 6.42 Å². The van der Waals surface area contributed by atoms with Crippen LogP contribution in [0, 0.1) is 6.92 Å². The average Bonchev–Trinajstić information content (AvgIpc) is 2.81. The Morgan fingerprint density at radius 3 is 2.30 bits per heavy atom. The summed E-state index contributed by atoms with van der Waals surface area (Å²) in [5, 5.41) is 11.3. The van der Waals surface area contributed by atoms with E-state index in [4.69, 9.17) is 23.2 Å². The summed E-state index contributed by atoms with van der Waals surface area (Å²) in [6.45, 7) is 2.09. The second kappa shape index (κ2) is 7.42. The van der Waals surface area contributed by atoms with Crippen LogP contribution in [0.15, 0.2) is 60.7 Å². The minimum absolute atomic E-state index is 0.310. The third kappa shape index (κ3) is 3.63. The number of rotatable bonds is 2. The summed E-state index contributed by atoms with van der Waals surface area (Å²) in [6, 6.07) is 20.0. The van der Waals surface area contributed by atoms with Gasteiger partial charge >= 0.3 is 0 Å². The van der Waals surface area contributed by atoms with Crippen molar-refractivity contribution in [2.45, 2.75) is 26.2 Å². The zero-order valence-corrected chi connectivity index (χ0v) is 16.6. The van der Waals surface area contributed by atoms with Crippen molar-refractivity contribution in [3.05, 3.63) is 98.5 Å². The fraction of sp³-hybridized carbons (Fsp3) is 0.167. The van der Waals surface area contributed by atoms with Crippen LogP contribution in [0.2, 0.25) is 10.0 Å². The van der Waals surface area contributed by atoms with Crippen molar-refractivity contribution < 1.29 is 5.11 Å². The van der Waals surface area contributed by atoms with Gasteiger partial charge in [0.15, 0.2) is 0 Å². The van der Waals surface area contributed by atoms with Crippen LogP contribution in [-0.4, -0.2) is 5.11 Å². The molecule has 0 aromatic heterocycles. The standard InChI is InChI=1S/C24H20Cl2O/c1-15-5-7-16(8-6-15)24-20-12-10-19(27)13-17(20)3-2-4-22(24)21-11-9-18(25)14-23(21)26/h5-14,27H,2-4H2,1H3. The Kier molecular flexibility index (Phi) is 4.99. The minimum Gasteiger partial charge on any atom is -0.508 e. The lowest BCUT2D eigenvalue weighted by atomic mass is 9.87. The number of phenolic OH excluding ortho intramolecular Hbond substituents is 1. The first-order chi connectivity index (χ1) is 13.0. The Morgan fingerprint density at radius 2 is 1.56 bits per heavy atom.